The highest BCUT2D eigenvalue weighted by Gasteiger charge is 2.51. The number of benzene rings is 2. The van der Waals surface area contributed by atoms with Gasteiger partial charge in [0.2, 0.25) is 0 Å². The molecule has 1 aliphatic rings. The minimum Gasteiger partial charge on any atom is -0.489 e. The highest BCUT2D eigenvalue weighted by molar-refractivity contribution is 6.62. The molecule has 0 N–H and O–H groups in total. The van der Waals surface area contributed by atoms with Crippen molar-refractivity contribution in [3.63, 3.8) is 0 Å². The molecule has 6 heteroatoms. The third-order valence-corrected chi connectivity index (χ3v) is 5.62. The number of ether oxygens (including phenoxy) is 1. The molecule has 0 amide bonds. The SMILES string of the molecule is CC(C)c1cc(F)c(COc2ccc(B3OC(C)(C)C(C)(C)O3)cc2)c(F)c1. The predicted octanol–water partition coefficient (Wildman–Crippen LogP) is 4.97. The van der Waals surface area contributed by atoms with Gasteiger partial charge in [-0.3, -0.25) is 0 Å². The molecule has 0 radical (unpaired) electrons. The van der Waals surface area contributed by atoms with E-state index < -0.39 is 30.0 Å². The van der Waals surface area contributed by atoms with E-state index >= 15 is 0 Å². The molecular formula is C22H27BF2O3. The van der Waals surface area contributed by atoms with Crippen molar-refractivity contribution < 1.29 is 22.8 Å². The first kappa shape index (κ1) is 20.8. The van der Waals surface area contributed by atoms with Crippen LogP contribution in [0.15, 0.2) is 36.4 Å². The van der Waals surface area contributed by atoms with Gasteiger partial charge in [0.25, 0.3) is 0 Å². The molecule has 0 aliphatic carbocycles. The van der Waals surface area contributed by atoms with Gasteiger partial charge in [0, 0.05) is 0 Å². The van der Waals surface area contributed by atoms with Crippen LogP contribution in [0.2, 0.25) is 0 Å². The molecule has 150 valence electrons. The van der Waals surface area contributed by atoms with Crippen molar-refractivity contribution in [1.82, 2.24) is 0 Å². The topological polar surface area (TPSA) is 27.7 Å². The van der Waals surface area contributed by atoms with Crippen LogP contribution in [0.25, 0.3) is 0 Å². The van der Waals surface area contributed by atoms with Gasteiger partial charge < -0.3 is 14.0 Å². The largest absolute Gasteiger partial charge is 0.494 e. The first-order valence-corrected chi connectivity index (χ1v) is 9.56. The van der Waals surface area contributed by atoms with Crippen LogP contribution >= 0.6 is 0 Å². The second kappa shape index (κ2) is 7.49. The molecule has 0 saturated carbocycles. The van der Waals surface area contributed by atoms with E-state index in [1.807, 2.05) is 53.7 Å². The van der Waals surface area contributed by atoms with E-state index in [9.17, 15) is 8.78 Å². The molecule has 0 spiro atoms. The second-order valence-corrected chi connectivity index (χ2v) is 8.56. The van der Waals surface area contributed by atoms with Gasteiger partial charge in [0.05, 0.1) is 16.8 Å². The first-order valence-electron chi connectivity index (χ1n) is 9.56. The molecule has 0 bridgehead atoms. The van der Waals surface area contributed by atoms with Gasteiger partial charge >= 0.3 is 7.12 Å². The number of halogens is 2. The van der Waals surface area contributed by atoms with Crippen molar-refractivity contribution in [2.75, 3.05) is 0 Å². The fourth-order valence-corrected chi connectivity index (χ4v) is 2.95. The maximum Gasteiger partial charge on any atom is 0.494 e. The van der Waals surface area contributed by atoms with Crippen LogP contribution in [-0.2, 0) is 15.9 Å². The molecule has 0 aromatic heterocycles. The summed E-state index contributed by atoms with van der Waals surface area (Å²) in [7, 11) is -0.461. The molecule has 2 aromatic carbocycles. The van der Waals surface area contributed by atoms with Crippen molar-refractivity contribution in [3.8, 4) is 5.75 Å². The molecule has 1 saturated heterocycles. The summed E-state index contributed by atoms with van der Waals surface area (Å²) in [6.07, 6.45) is 0. The van der Waals surface area contributed by atoms with Crippen LogP contribution in [0, 0.1) is 11.6 Å². The summed E-state index contributed by atoms with van der Waals surface area (Å²) in [6, 6.07) is 9.91. The van der Waals surface area contributed by atoms with Crippen molar-refractivity contribution in [1.29, 1.82) is 0 Å². The number of rotatable bonds is 5. The maximum atomic E-state index is 14.2. The molecule has 3 nitrogen and oxygen atoms in total. The van der Waals surface area contributed by atoms with Gasteiger partial charge in [-0.15, -0.1) is 0 Å². The fraction of sp³-hybridized carbons (Fsp3) is 0.455. The average Bonchev–Trinajstić information content (AvgIpc) is 2.82. The molecule has 28 heavy (non-hydrogen) atoms. The van der Waals surface area contributed by atoms with Gasteiger partial charge in [-0.25, -0.2) is 8.78 Å². The molecule has 1 fully saturated rings. The van der Waals surface area contributed by atoms with E-state index in [4.69, 9.17) is 14.0 Å². The molecule has 0 atom stereocenters. The Bertz CT molecular complexity index is 808. The highest BCUT2D eigenvalue weighted by Crippen LogP contribution is 2.36. The zero-order valence-corrected chi connectivity index (χ0v) is 17.3. The van der Waals surface area contributed by atoms with Crippen LogP contribution in [-0.4, -0.2) is 18.3 Å². The van der Waals surface area contributed by atoms with Crippen molar-refractivity contribution >= 4 is 12.6 Å². The molecular weight excluding hydrogens is 361 g/mol. The Kier molecular flexibility index (Phi) is 5.56. The van der Waals surface area contributed by atoms with E-state index in [2.05, 4.69) is 0 Å². The Balaban J connectivity index is 1.68. The third-order valence-electron chi connectivity index (χ3n) is 5.62. The van der Waals surface area contributed by atoms with Gasteiger partial charge in [-0.05, 0) is 68.9 Å². The lowest BCUT2D eigenvalue weighted by Crippen LogP contribution is -2.41. The minimum atomic E-state index is -0.586. The fourth-order valence-electron chi connectivity index (χ4n) is 2.95. The Morgan fingerprint density at radius 1 is 0.929 bits per heavy atom. The van der Waals surface area contributed by atoms with Crippen molar-refractivity contribution in [2.45, 2.75) is 65.3 Å². The molecule has 3 rings (SSSR count). The summed E-state index contributed by atoms with van der Waals surface area (Å²) in [5, 5.41) is 0. The minimum absolute atomic E-state index is 0.0569. The molecule has 0 unspecified atom stereocenters. The van der Waals surface area contributed by atoms with Gasteiger partial charge in [-0.1, -0.05) is 26.0 Å². The predicted molar refractivity (Wildman–Crippen MR) is 107 cm³/mol. The molecule has 1 aliphatic heterocycles. The van der Waals surface area contributed by atoms with E-state index in [1.54, 1.807) is 12.1 Å². The monoisotopic (exact) mass is 388 g/mol. The van der Waals surface area contributed by atoms with Gasteiger partial charge in [-0.2, -0.15) is 0 Å². The van der Waals surface area contributed by atoms with E-state index in [1.165, 1.54) is 12.1 Å². The summed E-state index contributed by atoms with van der Waals surface area (Å²) < 4.78 is 46.1. The van der Waals surface area contributed by atoms with Gasteiger partial charge in [0.1, 0.15) is 24.0 Å². The normalized spacial score (nSPS) is 18.0. The van der Waals surface area contributed by atoms with Crippen molar-refractivity contribution in [3.05, 3.63) is 59.2 Å². The van der Waals surface area contributed by atoms with E-state index in [0.29, 0.717) is 11.3 Å². The quantitative estimate of drug-likeness (QED) is 0.678. The summed E-state index contributed by atoms with van der Waals surface area (Å²) in [6.45, 7) is 11.6. The number of hydrogen-bond acceptors (Lipinski definition) is 3. The lowest BCUT2D eigenvalue weighted by Gasteiger charge is -2.32. The highest BCUT2D eigenvalue weighted by atomic mass is 19.1. The lowest BCUT2D eigenvalue weighted by molar-refractivity contribution is 0.00578. The van der Waals surface area contributed by atoms with Crippen LogP contribution < -0.4 is 10.2 Å². The zero-order valence-electron chi connectivity index (χ0n) is 17.3. The smallest absolute Gasteiger partial charge is 0.489 e. The van der Waals surface area contributed by atoms with Crippen molar-refractivity contribution in [2.24, 2.45) is 0 Å². The van der Waals surface area contributed by atoms with Crippen LogP contribution in [0.1, 0.15) is 58.6 Å². The summed E-state index contributed by atoms with van der Waals surface area (Å²) in [4.78, 5) is 0. The van der Waals surface area contributed by atoms with E-state index in [0.717, 1.165) is 5.46 Å². The lowest BCUT2D eigenvalue weighted by atomic mass is 9.79. The number of hydrogen-bond donors (Lipinski definition) is 0. The molecule has 2 aromatic rings. The molecule has 1 heterocycles. The van der Waals surface area contributed by atoms with E-state index in [-0.39, 0.29) is 18.1 Å². The van der Waals surface area contributed by atoms with Crippen LogP contribution in [0.4, 0.5) is 8.78 Å². The third kappa shape index (κ3) is 4.08. The zero-order chi connectivity index (χ0) is 20.7. The van der Waals surface area contributed by atoms with Gasteiger partial charge in [0.15, 0.2) is 0 Å². The first-order chi connectivity index (χ1) is 13.0. The summed E-state index contributed by atoms with van der Waals surface area (Å²) >= 11 is 0. The Morgan fingerprint density at radius 2 is 1.43 bits per heavy atom. The maximum absolute atomic E-state index is 14.2. The van der Waals surface area contributed by atoms with Crippen LogP contribution in [0.3, 0.4) is 0 Å². The second-order valence-electron chi connectivity index (χ2n) is 8.56. The Labute approximate surface area is 166 Å². The average molecular weight is 388 g/mol. The Hall–Kier alpha value is -1.92. The summed E-state index contributed by atoms with van der Waals surface area (Å²) in [5.41, 5.74) is 0.600. The summed E-state index contributed by atoms with van der Waals surface area (Å²) in [5.74, 6) is -0.594. The standard InChI is InChI=1S/C22H27BF2O3/c1-14(2)15-11-19(24)18(20(25)12-15)13-26-17-9-7-16(8-10-17)23-27-21(3,4)22(5,6)28-23/h7-12,14H,13H2,1-6H3. The van der Waals surface area contributed by atoms with Crippen LogP contribution in [0.5, 0.6) is 5.75 Å². The Morgan fingerprint density at radius 3 is 1.89 bits per heavy atom.